The maximum absolute atomic E-state index is 12.4. The van der Waals surface area contributed by atoms with Gasteiger partial charge in [0.2, 0.25) is 6.41 Å². The number of benzene rings is 1. The number of nitrogens with one attached hydrogen (secondary N) is 1. The molecule has 0 aliphatic carbocycles. The van der Waals surface area contributed by atoms with Crippen LogP contribution in [0, 0.1) is 6.92 Å². The van der Waals surface area contributed by atoms with Gasteiger partial charge in [-0.3, -0.25) is 4.79 Å². The molecular weight excluding hydrogens is 330 g/mol. The van der Waals surface area contributed by atoms with E-state index >= 15 is 0 Å². The van der Waals surface area contributed by atoms with E-state index in [0.717, 1.165) is 10.4 Å². The number of esters is 1. The van der Waals surface area contributed by atoms with Crippen LogP contribution in [0.5, 0.6) is 11.5 Å². The molecule has 1 aromatic carbocycles. The molecule has 1 heterocycles. The Morgan fingerprint density at radius 3 is 2.54 bits per heavy atom. The highest BCUT2D eigenvalue weighted by atomic mass is 32.1. The smallest absolute Gasteiger partial charge is 0.341 e. The van der Waals surface area contributed by atoms with E-state index in [-0.39, 0.29) is 6.61 Å². The van der Waals surface area contributed by atoms with E-state index < -0.39 is 5.97 Å². The van der Waals surface area contributed by atoms with Crippen LogP contribution >= 0.6 is 11.3 Å². The first-order valence-corrected chi connectivity index (χ1v) is 8.12. The number of hydrogen-bond donors (Lipinski definition) is 1. The molecule has 6 nitrogen and oxygen atoms in total. The van der Waals surface area contributed by atoms with Gasteiger partial charge in [-0.1, -0.05) is 6.07 Å². The molecule has 2 aromatic rings. The van der Waals surface area contributed by atoms with Crippen molar-refractivity contribution in [3.8, 4) is 22.6 Å². The van der Waals surface area contributed by atoms with Crippen LogP contribution in [0.4, 0.5) is 5.00 Å². The third kappa shape index (κ3) is 3.35. The maximum Gasteiger partial charge on any atom is 0.341 e. The van der Waals surface area contributed by atoms with Gasteiger partial charge >= 0.3 is 5.97 Å². The first kappa shape index (κ1) is 17.8. The summed E-state index contributed by atoms with van der Waals surface area (Å²) in [4.78, 5) is 24.1. The second-order valence-corrected chi connectivity index (χ2v) is 6.01. The summed E-state index contributed by atoms with van der Waals surface area (Å²) in [5, 5.41) is 3.04. The molecule has 1 amide bonds. The summed E-state index contributed by atoms with van der Waals surface area (Å²) in [6.45, 7) is 3.87. The van der Waals surface area contributed by atoms with Crippen molar-refractivity contribution < 1.29 is 23.8 Å². The highest BCUT2D eigenvalue weighted by Crippen LogP contribution is 2.42. The van der Waals surface area contributed by atoms with E-state index in [4.69, 9.17) is 14.2 Å². The monoisotopic (exact) mass is 349 g/mol. The number of carbonyl (C=O) groups is 2. The highest BCUT2D eigenvalue weighted by Gasteiger charge is 2.25. The molecule has 1 aromatic heterocycles. The van der Waals surface area contributed by atoms with E-state index in [1.54, 1.807) is 33.3 Å². The van der Waals surface area contributed by atoms with Crippen molar-refractivity contribution >= 4 is 28.7 Å². The van der Waals surface area contributed by atoms with E-state index in [1.807, 2.05) is 13.0 Å². The Hall–Kier alpha value is -2.54. The number of hydrogen-bond acceptors (Lipinski definition) is 6. The summed E-state index contributed by atoms with van der Waals surface area (Å²) >= 11 is 1.32. The van der Waals surface area contributed by atoms with Gasteiger partial charge < -0.3 is 19.5 Å². The van der Waals surface area contributed by atoms with Gasteiger partial charge in [0.15, 0.2) is 11.5 Å². The van der Waals surface area contributed by atoms with Crippen LogP contribution in [0.1, 0.15) is 22.2 Å². The lowest BCUT2D eigenvalue weighted by Gasteiger charge is -2.11. The quantitative estimate of drug-likeness (QED) is 0.612. The fraction of sp³-hybridized carbons (Fsp3) is 0.294. The number of methoxy groups -OCH3 is 2. The lowest BCUT2D eigenvalue weighted by atomic mass is 10.0. The average molecular weight is 349 g/mol. The number of thiophene rings is 1. The number of anilines is 1. The van der Waals surface area contributed by atoms with Crippen LogP contribution in [0.25, 0.3) is 11.1 Å². The summed E-state index contributed by atoms with van der Waals surface area (Å²) in [6, 6.07) is 5.40. The van der Waals surface area contributed by atoms with Crippen LogP contribution in [0.3, 0.4) is 0 Å². The summed E-state index contributed by atoms with van der Waals surface area (Å²) in [6.07, 6.45) is 0.548. The van der Waals surface area contributed by atoms with E-state index in [2.05, 4.69) is 5.32 Å². The van der Waals surface area contributed by atoms with Gasteiger partial charge in [-0.2, -0.15) is 0 Å². The highest BCUT2D eigenvalue weighted by molar-refractivity contribution is 7.17. The zero-order chi connectivity index (χ0) is 17.7. The molecule has 0 saturated carbocycles. The molecule has 24 heavy (non-hydrogen) atoms. The Morgan fingerprint density at radius 2 is 1.96 bits per heavy atom. The first-order valence-electron chi connectivity index (χ1n) is 7.30. The molecule has 2 rings (SSSR count). The molecule has 0 unspecified atom stereocenters. The minimum Gasteiger partial charge on any atom is -0.493 e. The van der Waals surface area contributed by atoms with Crippen molar-refractivity contribution in [1.29, 1.82) is 0 Å². The summed E-state index contributed by atoms with van der Waals surface area (Å²) in [5.41, 5.74) is 1.84. The molecular formula is C17H19NO5S. The number of rotatable bonds is 7. The van der Waals surface area contributed by atoms with Gasteiger partial charge in [0.1, 0.15) is 10.6 Å². The van der Waals surface area contributed by atoms with Gasteiger partial charge in [0.05, 0.1) is 20.8 Å². The number of ether oxygens (including phenoxy) is 3. The van der Waals surface area contributed by atoms with Crippen LogP contribution in [0.2, 0.25) is 0 Å². The minimum atomic E-state index is -0.476. The van der Waals surface area contributed by atoms with E-state index in [0.29, 0.717) is 34.0 Å². The molecule has 0 fully saturated rings. The van der Waals surface area contributed by atoms with Gasteiger partial charge in [0, 0.05) is 10.4 Å². The Morgan fingerprint density at radius 1 is 1.25 bits per heavy atom. The summed E-state index contributed by atoms with van der Waals surface area (Å²) in [5.74, 6) is 0.675. The average Bonchev–Trinajstić information content (AvgIpc) is 2.91. The molecule has 0 spiro atoms. The first-order chi connectivity index (χ1) is 11.6. The molecule has 0 radical (unpaired) electrons. The molecule has 128 valence electrons. The maximum atomic E-state index is 12.4. The van der Waals surface area contributed by atoms with Crippen LogP contribution in [-0.4, -0.2) is 33.2 Å². The van der Waals surface area contributed by atoms with Crippen LogP contribution in [0.15, 0.2) is 18.2 Å². The normalized spacial score (nSPS) is 10.2. The SMILES string of the molecule is CCOC(=O)c1c(NC=O)sc(C)c1-c1ccc(OC)c(OC)c1. The molecule has 1 N–H and O–H groups in total. The van der Waals surface area contributed by atoms with Crippen molar-refractivity contribution in [2.45, 2.75) is 13.8 Å². The van der Waals surface area contributed by atoms with Crippen molar-refractivity contribution in [3.05, 3.63) is 28.6 Å². The van der Waals surface area contributed by atoms with Crippen molar-refractivity contribution in [1.82, 2.24) is 0 Å². The molecule has 0 aliphatic heterocycles. The van der Waals surface area contributed by atoms with Gasteiger partial charge in [-0.15, -0.1) is 11.3 Å². The minimum absolute atomic E-state index is 0.250. The summed E-state index contributed by atoms with van der Waals surface area (Å²) in [7, 11) is 3.11. The van der Waals surface area contributed by atoms with Gasteiger partial charge in [0.25, 0.3) is 0 Å². The third-order valence-corrected chi connectivity index (χ3v) is 4.46. The van der Waals surface area contributed by atoms with Crippen LogP contribution < -0.4 is 14.8 Å². The topological polar surface area (TPSA) is 73.9 Å². The van der Waals surface area contributed by atoms with Crippen molar-refractivity contribution in [3.63, 3.8) is 0 Å². The second-order valence-electron chi connectivity index (χ2n) is 4.79. The van der Waals surface area contributed by atoms with E-state index in [9.17, 15) is 9.59 Å². The van der Waals surface area contributed by atoms with Crippen molar-refractivity contribution in [2.75, 3.05) is 26.1 Å². The Balaban J connectivity index is 2.64. The zero-order valence-electron chi connectivity index (χ0n) is 14.0. The standard InChI is InChI=1S/C17H19NO5S/c1-5-23-17(20)15-14(10(2)24-16(15)18-9-19)11-6-7-12(21-3)13(8-11)22-4/h6-9H,5H2,1-4H3,(H,18,19). The Labute approximate surface area is 144 Å². The Bertz CT molecular complexity index is 754. The Kier molecular flexibility index (Phi) is 5.81. The number of aryl methyl sites for hydroxylation is 1. The predicted molar refractivity (Wildman–Crippen MR) is 93.2 cm³/mol. The molecule has 0 bridgehead atoms. The molecule has 0 aliphatic rings. The van der Waals surface area contributed by atoms with E-state index in [1.165, 1.54) is 11.3 Å². The molecule has 7 heteroatoms. The van der Waals surface area contributed by atoms with Gasteiger partial charge in [-0.05, 0) is 31.5 Å². The fourth-order valence-electron chi connectivity index (χ4n) is 2.44. The number of amides is 1. The zero-order valence-corrected chi connectivity index (χ0v) is 14.8. The lowest BCUT2D eigenvalue weighted by molar-refractivity contribution is -0.105. The largest absolute Gasteiger partial charge is 0.493 e. The predicted octanol–water partition coefficient (Wildman–Crippen LogP) is 3.49. The lowest BCUT2D eigenvalue weighted by Crippen LogP contribution is -2.08. The van der Waals surface area contributed by atoms with Gasteiger partial charge in [-0.25, -0.2) is 4.79 Å². The fourth-order valence-corrected chi connectivity index (χ4v) is 3.46. The molecule has 0 atom stereocenters. The van der Waals surface area contributed by atoms with Crippen molar-refractivity contribution in [2.24, 2.45) is 0 Å². The summed E-state index contributed by atoms with van der Waals surface area (Å²) < 4.78 is 15.7. The third-order valence-electron chi connectivity index (χ3n) is 3.43. The van der Waals surface area contributed by atoms with Crippen LogP contribution in [-0.2, 0) is 9.53 Å². The second kappa shape index (κ2) is 7.83. The number of carbonyl (C=O) groups excluding carboxylic acids is 2. The molecule has 0 saturated heterocycles.